The first-order chi connectivity index (χ1) is 7.90. The summed E-state index contributed by atoms with van der Waals surface area (Å²) in [6.45, 7) is 6.89. The zero-order valence-electron chi connectivity index (χ0n) is 10.7. The Kier molecular flexibility index (Phi) is 4.76. The van der Waals surface area contributed by atoms with Crippen LogP contribution in [-0.4, -0.2) is 42.3 Å². The Bertz CT molecular complexity index is 296. The van der Waals surface area contributed by atoms with Crippen molar-refractivity contribution in [2.45, 2.75) is 45.3 Å². The topological polar surface area (TPSA) is 62.6 Å². The number of nitrogens with zero attached hydrogens (tertiary/aromatic N) is 2. The lowest BCUT2D eigenvalue weighted by molar-refractivity contribution is -0.163. The van der Waals surface area contributed by atoms with Gasteiger partial charge in [-0.1, -0.05) is 0 Å². The van der Waals surface area contributed by atoms with Crippen molar-refractivity contribution in [3.05, 3.63) is 0 Å². The predicted molar refractivity (Wildman–Crippen MR) is 62.0 cm³/mol. The molecule has 0 bridgehead atoms. The minimum Gasteiger partial charge on any atom is -0.458 e. The monoisotopic (exact) mass is 240 g/mol. The Morgan fingerprint density at radius 1 is 1.41 bits per heavy atom. The summed E-state index contributed by atoms with van der Waals surface area (Å²) in [6.07, 6.45) is 3.74. The Hall–Kier alpha value is -1.28. The van der Waals surface area contributed by atoms with E-state index in [1.807, 2.05) is 20.8 Å². The van der Waals surface area contributed by atoms with E-state index in [0.717, 1.165) is 12.8 Å². The molecule has 0 unspecified atom stereocenters. The van der Waals surface area contributed by atoms with E-state index in [4.69, 9.17) is 14.7 Å². The van der Waals surface area contributed by atoms with Crippen LogP contribution in [0.25, 0.3) is 0 Å². The van der Waals surface area contributed by atoms with Gasteiger partial charge in [-0.15, -0.1) is 0 Å². The van der Waals surface area contributed by atoms with Gasteiger partial charge in [0.1, 0.15) is 12.2 Å². The van der Waals surface area contributed by atoms with Gasteiger partial charge in [0.2, 0.25) is 0 Å². The van der Waals surface area contributed by atoms with Crippen LogP contribution in [0, 0.1) is 11.5 Å². The van der Waals surface area contributed by atoms with Crippen molar-refractivity contribution in [1.82, 2.24) is 4.90 Å². The Morgan fingerprint density at radius 2 is 2.00 bits per heavy atom. The molecule has 1 rings (SSSR count). The summed E-state index contributed by atoms with van der Waals surface area (Å²) in [7, 11) is 0. The van der Waals surface area contributed by atoms with Crippen LogP contribution >= 0.6 is 0 Å². The number of hydrogen-bond donors (Lipinski definition) is 0. The highest BCUT2D eigenvalue weighted by molar-refractivity contribution is 5.71. The molecule has 0 atom stereocenters. The van der Waals surface area contributed by atoms with Gasteiger partial charge < -0.3 is 14.4 Å². The average Bonchev–Trinajstić information content (AvgIpc) is 2.25. The fraction of sp³-hybridized carbons (Fsp3) is 0.833. The van der Waals surface area contributed by atoms with Crippen LogP contribution in [0.2, 0.25) is 0 Å². The van der Waals surface area contributed by atoms with Gasteiger partial charge in [-0.25, -0.2) is 4.79 Å². The molecule has 1 saturated heterocycles. The van der Waals surface area contributed by atoms with E-state index in [0.29, 0.717) is 13.1 Å². The van der Waals surface area contributed by atoms with Crippen molar-refractivity contribution in [3.63, 3.8) is 0 Å². The van der Waals surface area contributed by atoms with Crippen LogP contribution in [-0.2, 0) is 14.3 Å². The molecular formula is C12H20N2O3. The molecule has 5 heteroatoms. The molecule has 1 fully saturated rings. The molecule has 17 heavy (non-hydrogen) atoms. The summed E-state index contributed by atoms with van der Waals surface area (Å²) in [6, 6.07) is 0. The van der Waals surface area contributed by atoms with Crippen molar-refractivity contribution in [1.29, 1.82) is 5.26 Å². The molecule has 5 nitrogen and oxygen atoms in total. The summed E-state index contributed by atoms with van der Waals surface area (Å²) in [4.78, 5) is 13.1. The van der Waals surface area contributed by atoms with Crippen LogP contribution in [0.3, 0.4) is 0 Å². The maximum absolute atomic E-state index is 11.4. The van der Waals surface area contributed by atoms with E-state index in [1.54, 1.807) is 4.90 Å². The number of likely N-dealkylation sites (tertiary alicyclic amines) is 1. The molecule has 0 aromatic heterocycles. The molecule has 1 aliphatic heterocycles. The normalized spacial score (nSPS) is 17.6. The smallest absolute Gasteiger partial charge is 0.332 e. The van der Waals surface area contributed by atoms with E-state index in [-0.39, 0.29) is 18.7 Å². The van der Waals surface area contributed by atoms with Gasteiger partial charge in [0, 0.05) is 13.1 Å². The van der Waals surface area contributed by atoms with Crippen LogP contribution in [0.5, 0.6) is 0 Å². The minimum atomic E-state index is -0.468. The second-order valence-corrected chi connectivity index (χ2v) is 5.18. The number of nitriles is 1. The number of ether oxygens (including phenoxy) is 2. The molecule has 0 aromatic carbocycles. The van der Waals surface area contributed by atoms with Crippen LogP contribution < -0.4 is 0 Å². The van der Waals surface area contributed by atoms with Gasteiger partial charge in [-0.3, -0.25) is 0 Å². The van der Waals surface area contributed by atoms with Crippen LogP contribution in [0.1, 0.15) is 33.6 Å². The number of carbonyl (C=O) groups excluding carboxylic acids is 1. The zero-order chi connectivity index (χ0) is 12.9. The number of carbonyl (C=O) groups is 1. The van der Waals surface area contributed by atoms with E-state index in [9.17, 15) is 4.79 Å². The first-order valence-electron chi connectivity index (χ1n) is 5.89. The quantitative estimate of drug-likeness (QED) is 0.549. The number of rotatable bonds is 3. The van der Waals surface area contributed by atoms with Crippen molar-refractivity contribution in [2.24, 2.45) is 0 Å². The number of esters is 1. The van der Waals surface area contributed by atoms with Gasteiger partial charge in [-0.2, -0.15) is 5.26 Å². The molecular weight excluding hydrogens is 220 g/mol. The molecule has 0 aliphatic carbocycles. The third kappa shape index (κ3) is 5.55. The average molecular weight is 240 g/mol. The summed E-state index contributed by atoms with van der Waals surface area (Å²) in [5.74, 6) is -0.333. The molecule has 0 amide bonds. The first-order valence-corrected chi connectivity index (χ1v) is 5.89. The highest BCUT2D eigenvalue weighted by Gasteiger charge is 2.21. The second-order valence-electron chi connectivity index (χ2n) is 5.18. The Labute approximate surface area is 102 Å². The van der Waals surface area contributed by atoms with Gasteiger partial charge in [0.15, 0.2) is 6.19 Å². The fourth-order valence-corrected chi connectivity index (χ4v) is 1.68. The van der Waals surface area contributed by atoms with Gasteiger partial charge in [-0.05, 0) is 33.6 Å². The van der Waals surface area contributed by atoms with Gasteiger partial charge in [0.25, 0.3) is 0 Å². The second kappa shape index (κ2) is 5.87. The summed E-state index contributed by atoms with van der Waals surface area (Å²) >= 11 is 0. The van der Waals surface area contributed by atoms with Crippen molar-refractivity contribution in [2.75, 3.05) is 19.7 Å². The highest BCUT2D eigenvalue weighted by atomic mass is 16.6. The predicted octanol–water partition coefficient (Wildman–Crippen LogP) is 1.29. The largest absolute Gasteiger partial charge is 0.458 e. The standard InChI is InChI=1S/C12H20N2O3/c1-12(2,3)17-11(15)8-16-10-4-6-14(9-13)7-5-10/h10H,4-8H2,1-3H3. The SMILES string of the molecule is CC(C)(C)OC(=O)COC1CCN(C#N)CC1. The molecule has 0 saturated carbocycles. The van der Waals surface area contributed by atoms with Gasteiger partial charge in [0.05, 0.1) is 6.10 Å². The van der Waals surface area contributed by atoms with E-state index < -0.39 is 5.60 Å². The maximum Gasteiger partial charge on any atom is 0.332 e. The molecule has 0 aromatic rings. The van der Waals surface area contributed by atoms with Gasteiger partial charge >= 0.3 is 5.97 Å². The number of hydrogen-bond acceptors (Lipinski definition) is 5. The first kappa shape index (κ1) is 13.8. The molecule has 96 valence electrons. The lowest BCUT2D eigenvalue weighted by atomic mass is 10.1. The third-order valence-corrected chi connectivity index (χ3v) is 2.44. The summed E-state index contributed by atoms with van der Waals surface area (Å²) in [5.41, 5.74) is -0.468. The fourth-order valence-electron chi connectivity index (χ4n) is 1.68. The van der Waals surface area contributed by atoms with E-state index in [1.165, 1.54) is 0 Å². The minimum absolute atomic E-state index is 0.00547. The summed E-state index contributed by atoms with van der Waals surface area (Å²) < 4.78 is 10.6. The van der Waals surface area contributed by atoms with Crippen molar-refractivity contribution in [3.8, 4) is 6.19 Å². The summed E-state index contributed by atoms with van der Waals surface area (Å²) in [5, 5.41) is 8.68. The highest BCUT2D eigenvalue weighted by Crippen LogP contribution is 2.13. The lowest BCUT2D eigenvalue weighted by Crippen LogP contribution is -2.35. The lowest BCUT2D eigenvalue weighted by Gasteiger charge is -2.28. The van der Waals surface area contributed by atoms with E-state index in [2.05, 4.69) is 6.19 Å². The van der Waals surface area contributed by atoms with Crippen molar-refractivity contribution >= 4 is 5.97 Å². The number of piperidine rings is 1. The van der Waals surface area contributed by atoms with Crippen LogP contribution in [0.4, 0.5) is 0 Å². The molecule has 0 spiro atoms. The van der Waals surface area contributed by atoms with Crippen LogP contribution in [0.15, 0.2) is 0 Å². The molecule has 0 N–H and O–H groups in total. The van der Waals surface area contributed by atoms with Crippen molar-refractivity contribution < 1.29 is 14.3 Å². The molecule has 1 aliphatic rings. The Balaban J connectivity index is 2.20. The Morgan fingerprint density at radius 3 is 2.47 bits per heavy atom. The third-order valence-electron chi connectivity index (χ3n) is 2.44. The maximum atomic E-state index is 11.4. The molecule has 0 radical (unpaired) electrons. The van der Waals surface area contributed by atoms with E-state index >= 15 is 0 Å². The molecule has 1 heterocycles. The zero-order valence-corrected chi connectivity index (χ0v) is 10.7.